The molecule has 2 aliphatic rings. The maximum atomic E-state index is 14.0. The first-order chi connectivity index (χ1) is 11.1. The minimum absolute atomic E-state index is 0.144. The lowest BCUT2D eigenvalue weighted by atomic mass is 9.99. The Bertz CT molecular complexity index is 760. The van der Waals surface area contributed by atoms with Crippen LogP contribution in [0.1, 0.15) is 36.2 Å². The number of benzene rings is 1. The van der Waals surface area contributed by atoms with E-state index in [9.17, 15) is 9.18 Å². The summed E-state index contributed by atoms with van der Waals surface area (Å²) in [6, 6.07) is 5.45. The number of halogens is 2. The fourth-order valence-corrected chi connectivity index (χ4v) is 4.37. The van der Waals surface area contributed by atoms with Crippen molar-refractivity contribution in [3.05, 3.63) is 34.2 Å². The summed E-state index contributed by atoms with van der Waals surface area (Å²) in [5.41, 5.74) is 1.05. The first-order valence-electron chi connectivity index (χ1n) is 8.14. The molecule has 2 aromatic rings. The van der Waals surface area contributed by atoms with E-state index in [0.717, 1.165) is 25.9 Å². The van der Waals surface area contributed by atoms with Crippen LogP contribution < -0.4 is 5.32 Å². The van der Waals surface area contributed by atoms with Gasteiger partial charge in [-0.3, -0.25) is 9.69 Å². The van der Waals surface area contributed by atoms with Gasteiger partial charge < -0.3 is 10.3 Å². The van der Waals surface area contributed by atoms with Crippen LogP contribution in [0.2, 0.25) is 0 Å². The van der Waals surface area contributed by atoms with E-state index in [2.05, 4.69) is 31.1 Å². The number of hydrogen-bond acceptors (Lipinski definition) is 2. The summed E-state index contributed by atoms with van der Waals surface area (Å²) in [5.74, 6) is -0.474. The lowest BCUT2D eigenvalue weighted by Crippen LogP contribution is -2.46. The van der Waals surface area contributed by atoms with E-state index in [4.69, 9.17) is 0 Å². The third-order valence-electron chi connectivity index (χ3n) is 5.07. The highest BCUT2D eigenvalue weighted by atomic mass is 79.9. The summed E-state index contributed by atoms with van der Waals surface area (Å²) in [7, 11) is 0. The van der Waals surface area contributed by atoms with E-state index in [1.165, 1.54) is 18.9 Å². The average molecular weight is 380 g/mol. The van der Waals surface area contributed by atoms with Gasteiger partial charge in [-0.05, 0) is 44.0 Å². The van der Waals surface area contributed by atoms with Crippen molar-refractivity contribution in [2.24, 2.45) is 0 Å². The number of H-pyrrole nitrogens is 1. The summed E-state index contributed by atoms with van der Waals surface area (Å²) in [6.45, 7) is 2.20. The molecule has 4 nitrogen and oxygen atoms in total. The Kier molecular flexibility index (Phi) is 3.89. The number of hydrogen-bond donors (Lipinski definition) is 2. The molecule has 0 bridgehead atoms. The summed E-state index contributed by atoms with van der Waals surface area (Å²) >= 11 is 3.27. The van der Waals surface area contributed by atoms with Gasteiger partial charge in [0, 0.05) is 28.5 Å². The number of piperidine rings is 1. The molecule has 0 aliphatic carbocycles. The van der Waals surface area contributed by atoms with Crippen molar-refractivity contribution in [1.82, 2.24) is 15.2 Å². The Balaban J connectivity index is 1.54. The van der Waals surface area contributed by atoms with Gasteiger partial charge in [0.25, 0.3) is 5.91 Å². The molecular weight excluding hydrogens is 361 g/mol. The monoisotopic (exact) mass is 379 g/mol. The Morgan fingerprint density at radius 3 is 3.00 bits per heavy atom. The molecular formula is C17H19BrFN3O. The first-order valence-corrected chi connectivity index (χ1v) is 8.94. The van der Waals surface area contributed by atoms with Gasteiger partial charge in [-0.25, -0.2) is 4.39 Å². The fourth-order valence-electron chi connectivity index (χ4n) is 3.94. The second-order valence-corrected chi connectivity index (χ2v) is 7.42. The highest BCUT2D eigenvalue weighted by molar-refractivity contribution is 9.10. The minimum atomic E-state index is -0.330. The molecule has 1 aromatic carbocycles. The first kappa shape index (κ1) is 15.1. The molecule has 4 rings (SSSR count). The Labute approximate surface area is 142 Å². The zero-order valence-electron chi connectivity index (χ0n) is 12.7. The highest BCUT2D eigenvalue weighted by Crippen LogP contribution is 2.28. The van der Waals surface area contributed by atoms with Crippen LogP contribution >= 0.6 is 15.9 Å². The maximum absolute atomic E-state index is 14.0. The number of aromatic nitrogens is 1. The van der Waals surface area contributed by atoms with Crippen molar-refractivity contribution in [2.45, 2.75) is 37.8 Å². The zero-order chi connectivity index (χ0) is 16.0. The number of nitrogens with zero attached hydrogens (tertiary/aromatic N) is 1. The summed E-state index contributed by atoms with van der Waals surface area (Å²) in [6.07, 6.45) is 4.64. The molecule has 2 saturated heterocycles. The number of carbonyl (C=O) groups excluding carboxylic acids is 1. The zero-order valence-corrected chi connectivity index (χ0v) is 14.3. The molecule has 2 N–H and O–H groups in total. The van der Waals surface area contributed by atoms with Crippen LogP contribution in [0, 0.1) is 5.82 Å². The van der Waals surface area contributed by atoms with Crippen molar-refractivity contribution >= 4 is 32.7 Å². The lowest BCUT2D eigenvalue weighted by Gasteiger charge is -2.32. The van der Waals surface area contributed by atoms with E-state index >= 15 is 0 Å². The third-order valence-corrected chi connectivity index (χ3v) is 5.53. The maximum Gasteiger partial charge on any atom is 0.268 e. The van der Waals surface area contributed by atoms with E-state index < -0.39 is 0 Å². The van der Waals surface area contributed by atoms with E-state index in [0.29, 0.717) is 27.1 Å². The molecule has 0 saturated carbocycles. The van der Waals surface area contributed by atoms with Crippen molar-refractivity contribution < 1.29 is 9.18 Å². The van der Waals surface area contributed by atoms with Gasteiger partial charge in [0.2, 0.25) is 0 Å². The number of carbonyl (C=O) groups is 1. The molecule has 2 fully saturated rings. The van der Waals surface area contributed by atoms with Crippen LogP contribution in [0.3, 0.4) is 0 Å². The minimum Gasteiger partial charge on any atom is -0.350 e. The SMILES string of the molecule is O=C(N[C@H]1CCN2CCCC[C@H]12)c1cc2c(F)cc(Br)cc2[nH]1. The Hall–Kier alpha value is -1.40. The molecule has 3 heterocycles. The van der Waals surface area contributed by atoms with Crippen LogP contribution in [0.15, 0.2) is 22.7 Å². The van der Waals surface area contributed by atoms with Gasteiger partial charge in [0.05, 0.1) is 5.52 Å². The van der Waals surface area contributed by atoms with Gasteiger partial charge in [-0.1, -0.05) is 22.4 Å². The van der Waals surface area contributed by atoms with E-state index in [1.54, 1.807) is 12.1 Å². The summed E-state index contributed by atoms with van der Waals surface area (Å²) in [5, 5.41) is 3.59. The molecule has 2 aliphatic heterocycles. The highest BCUT2D eigenvalue weighted by Gasteiger charge is 2.36. The van der Waals surface area contributed by atoms with E-state index in [1.807, 2.05) is 0 Å². The van der Waals surface area contributed by atoms with Gasteiger partial charge in [0.15, 0.2) is 0 Å². The average Bonchev–Trinajstić information content (AvgIpc) is 3.12. The summed E-state index contributed by atoms with van der Waals surface area (Å²) < 4.78 is 14.6. The predicted octanol–water partition coefficient (Wildman–Crippen LogP) is 3.43. The van der Waals surface area contributed by atoms with Gasteiger partial charge >= 0.3 is 0 Å². The van der Waals surface area contributed by atoms with Crippen LogP contribution in [-0.2, 0) is 0 Å². The van der Waals surface area contributed by atoms with E-state index in [-0.39, 0.29) is 17.8 Å². The fraction of sp³-hybridized carbons (Fsp3) is 0.471. The van der Waals surface area contributed by atoms with Crippen molar-refractivity contribution in [2.75, 3.05) is 13.1 Å². The molecule has 2 atom stereocenters. The van der Waals surface area contributed by atoms with Gasteiger partial charge in [-0.15, -0.1) is 0 Å². The van der Waals surface area contributed by atoms with Crippen molar-refractivity contribution in [1.29, 1.82) is 0 Å². The van der Waals surface area contributed by atoms with Crippen molar-refractivity contribution in [3.8, 4) is 0 Å². The Morgan fingerprint density at radius 2 is 2.13 bits per heavy atom. The normalized spacial score (nSPS) is 24.8. The molecule has 0 spiro atoms. The van der Waals surface area contributed by atoms with Gasteiger partial charge in [0.1, 0.15) is 11.5 Å². The smallest absolute Gasteiger partial charge is 0.268 e. The molecule has 122 valence electrons. The van der Waals surface area contributed by atoms with Crippen LogP contribution in [-0.4, -0.2) is 41.0 Å². The van der Waals surface area contributed by atoms with Crippen LogP contribution in [0.25, 0.3) is 10.9 Å². The van der Waals surface area contributed by atoms with Crippen LogP contribution in [0.5, 0.6) is 0 Å². The van der Waals surface area contributed by atoms with Gasteiger partial charge in [-0.2, -0.15) is 0 Å². The number of fused-ring (bicyclic) bond motifs is 2. The largest absolute Gasteiger partial charge is 0.350 e. The second kappa shape index (κ2) is 5.91. The van der Waals surface area contributed by atoms with Crippen LogP contribution in [0.4, 0.5) is 4.39 Å². The number of amides is 1. The molecule has 23 heavy (non-hydrogen) atoms. The number of aromatic amines is 1. The predicted molar refractivity (Wildman–Crippen MR) is 91.0 cm³/mol. The quantitative estimate of drug-likeness (QED) is 0.839. The third kappa shape index (κ3) is 2.78. The molecule has 0 unspecified atom stereocenters. The number of nitrogens with one attached hydrogen (secondary N) is 2. The molecule has 6 heteroatoms. The lowest BCUT2D eigenvalue weighted by molar-refractivity contribution is 0.0911. The summed E-state index contributed by atoms with van der Waals surface area (Å²) in [4.78, 5) is 18.1. The molecule has 0 radical (unpaired) electrons. The second-order valence-electron chi connectivity index (χ2n) is 6.50. The Morgan fingerprint density at radius 1 is 1.26 bits per heavy atom. The topological polar surface area (TPSA) is 48.1 Å². The standard InChI is InChI=1S/C17H19BrFN3O/c18-10-7-12(19)11-9-15(20-14(11)8-10)17(23)21-13-4-6-22-5-2-1-3-16(13)22/h7-9,13,16,20H,1-6H2,(H,21,23)/t13-,16+/m0/s1. The number of rotatable bonds is 2. The molecule has 1 amide bonds. The molecule has 1 aromatic heterocycles. The van der Waals surface area contributed by atoms with Crippen molar-refractivity contribution in [3.63, 3.8) is 0 Å².